The Morgan fingerprint density at radius 1 is 1.38 bits per heavy atom. The summed E-state index contributed by atoms with van der Waals surface area (Å²) in [4.78, 5) is 3.93. The van der Waals surface area contributed by atoms with E-state index in [1.54, 1.807) is 11.6 Å². The van der Waals surface area contributed by atoms with Crippen molar-refractivity contribution in [2.75, 3.05) is 0 Å². The van der Waals surface area contributed by atoms with Gasteiger partial charge in [0.05, 0.1) is 17.4 Å². The molecule has 2 rings (SSSR count). The van der Waals surface area contributed by atoms with E-state index in [0.29, 0.717) is 5.52 Å². The Labute approximate surface area is 89.1 Å². The van der Waals surface area contributed by atoms with Gasteiger partial charge in [0, 0.05) is 7.05 Å². The molecule has 1 atom stereocenters. The van der Waals surface area contributed by atoms with Gasteiger partial charge in [0.2, 0.25) is 0 Å². The highest BCUT2D eigenvalue weighted by Gasteiger charge is 2.39. The van der Waals surface area contributed by atoms with Gasteiger partial charge < -0.3 is 9.67 Å². The number of aromatic nitrogens is 2. The zero-order valence-electron chi connectivity index (χ0n) is 8.36. The molecule has 86 valence electrons. The molecule has 0 aliphatic heterocycles. The normalized spacial score (nSPS) is 14.3. The Hall–Kier alpha value is -1.56. The van der Waals surface area contributed by atoms with Crippen molar-refractivity contribution in [1.29, 1.82) is 0 Å². The maximum atomic E-state index is 12.3. The van der Waals surface area contributed by atoms with Crippen LogP contribution in [-0.4, -0.2) is 20.8 Å². The molecule has 2 aromatic rings. The molecule has 1 aromatic carbocycles. The Morgan fingerprint density at radius 2 is 2.06 bits per heavy atom. The SMILES string of the molecule is Cn1cnc2cc([C@H](O)C(F)(F)F)ccc21. The monoisotopic (exact) mass is 230 g/mol. The van der Waals surface area contributed by atoms with Crippen LogP contribution in [-0.2, 0) is 7.05 Å². The Kier molecular flexibility index (Phi) is 2.38. The standard InChI is InChI=1S/C10H9F3N2O/c1-15-5-14-7-4-6(2-3-8(7)15)9(16)10(11,12)13/h2-5,9,16H,1H3/t9-/m0/s1. The molecule has 16 heavy (non-hydrogen) atoms. The predicted molar refractivity (Wildman–Crippen MR) is 51.7 cm³/mol. The van der Waals surface area contributed by atoms with E-state index < -0.39 is 12.3 Å². The Balaban J connectivity index is 2.47. The number of rotatable bonds is 1. The summed E-state index contributed by atoms with van der Waals surface area (Å²) >= 11 is 0. The van der Waals surface area contributed by atoms with Gasteiger partial charge in [0.1, 0.15) is 0 Å². The van der Waals surface area contributed by atoms with Crippen molar-refractivity contribution in [3.05, 3.63) is 30.1 Å². The van der Waals surface area contributed by atoms with Crippen LogP contribution >= 0.6 is 0 Å². The number of hydrogen-bond acceptors (Lipinski definition) is 2. The van der Waals surface area contributed by atoms with Crippen molar-refractivity contribution >= 4 is 11.0 Å². The third kappa shape index (κ3) is 1.76. The van der Waals surface area contributed by atoms with Crippen molar-refractivity contribution in [3.8, 4) is 0 Å². The van der Waals surface area contributed by atoms with Crippen LogP contribution in [0.3, 0.4) is 0 Å². The van der Waals surface area contributed by atoms with Crippen molar-refractivity contribution in [2.24, 2.45) is 7.05 Å². The molecule has 0 aliphatic carbocycles. The molecule has 0 unspecified atom stereocenters. The zero-order valence-corrected chi connectivity index (χ0v) is 8.36. The van der Waals surface area contributed by atoms with Crippen LogP contribution in [0.4, 0.5) is 13.2 Å². The van der Waals surface area contributed by atoms with Gasteiger partial charge >= 0.3 is 6.18 Å². The second-order valence-electron chi connectivity index (χ2n) is 3.55. The fourth-order valence-electron chi connectivity index (χ4n) is 1.51. The first-order chi connectivity index (χ1) is 7.39. The van der Waals surface area contributed by atoms with Crippen LogP contribution in [0.1, 0.15) is 11.7 Å². The number of nitrogens with zero attached hydrogens (tertiary/aromatic N) is 2. The predicted octanol–water partition coefficient (Wildman–Crippen LogP) is 2.17. The second-order valence-corrected chi connectivity index (χ2v) is 3.55. The van der Waals surface area contributed by atoms with Gasteiger partial charge in [-0.15, -0.1) is 0 Å². The van der Waals surface area contributed by atoms with E-state index in [2.05, 4.69) is 4.98 Å². The highest BCUT2D eigenvalue weighted by atomic mass is 19.4. The quantitative estimate of drug-likeness (QED) is 0.815. The number of aliphatic hydroxyl groups is 1. The van der Waals surface area contributed by atoms with Crippen molar-refractivity contribution in [1.82, 2.24) is 9.55 Å². The van der Waals surface area contributed by atoms with Gasteiger partial charge in [0.15, 0.2) is 6.10 Å². The third-order valence-corrected chi connectivity index (χ3v) is 2.38. The van der Waals surface area contributed by atoms with Crippen LogP contribution in [0, 0.1) is 0 Å². The van der Waals surface area contributed by atoms with Crippen molar-refractivity contribution in [3.63, 3.8) is 0 Å². The van der Waals surface area contributed by atoms with Crippen LogP contribution in [0.15, 0.2) is 24.5 Å². The number of hydrogen-bond donors (Lipinski definition) is 1. The minimum atomic E-state index is -4.65. The Bertz CT molecular complexity index is 518. The van der Waals surface area contributed by atoms with E-state index in [9.17, 15) is 13.2 Å². The molecule has 0 bridgehead atoms. The molecule has 0 fully saturated rings. The number of aryl methyl sites for hydroxylation is 1. The van der Waals surface area contributed by atoms with Crippen LogP contribution in [0.2, 0.25) is 0 Å². The fraction of sp³-hybridized carbons (Fsp3) is 0.300. The molecule has 0 radical (unpaired) electrons. The van der Waals surface area contributed by atoms with E-state index in [1.165, 1.54) is 24.5 Å². The molecular weight excluding hydrogens is 221 g/mol. The summed E-state index contributed by atoms with van der Waals surface area (Å²) in [7, 11) is 1.75. The lowest BCUT2D eigenvalue weighted by atomic mass is 10.1. The molecule has 0 saturated carbocycles. The summed E-state index contributed by atoms with van der Waals surface area (Å²) in [6.07, 6.45) is -5.60. The molecule has 0 aliphatic rings. The molecule has 0 amide bonds. The zero-order chi connectivity index (χ0) is 11.9. The minimum absolute atomic E-state index is 0.196. The van der Waals surface area contributed by atoms with Gasteiger partial charge in [0.25, 0.3) is 0 Å². The lowest BCUT2D eigenvalue weighted by Crippen LogP contribution is -2.20. The number of aliphatic hydroxyl groups excluding tert-OH is 1. The topological polar surface area (TPSA) is 38.0 Å². The molecule has 0 saturated heterocycles. The number of halogens is 3. The smallest absolute Gasteiger partial charge is 0.379 e. The summed E-state index contributed by atoms with van der Waals surface area (Å²) in [5.74, 6) is 0. The van der Waals surface area contributed by atoms with Crippen molar-refractivity contribution in [2.45, 2.75) is 12.3 Å². The summed E-state index contributed by atoms with van der Waals surface area (Å²) in [5, 5.41) is 9.06. The largest absolute Gasteiger partial charge is 0.418 e. The van der Waals surface area contributed by atoms with E-state index in [1.807, 2.05) is 0 Å². The average Bonchev–Trinajstić information content (AvgIpc) is 2.57. The second kappa shape index (κ2) is 3.48. The maximum absolute atomic E-state index is 12.3. The van der Waals surface area contributed by atoms with Crippen LogP contribution in [0.25, 0.3) is 11.0 Å². The lowest BCUT2D eigenvalue weighted by Gasteiger charge is -2.14. The van der Waals surface area contributed by atoms with E-state index in [0.717, 1.165) is 5.52 Å². The first-order valence-corrected chi connectivity index (χ1v) is 4.55. The Morgan fingerprint density at radius 3 is 2.69 bits per heavy atom. The van der Waals surface area contributed by atoms with Crippen molar-refractivity contribution < 1.29 is 18.3 Å². The molecule has 1 heterocycles. The molecule has 3 nitrogen and oxygen atoms in total. The molecular formula is C10H9F3N2O. The first-order valence-electron chi connectivity index (χ1n) is 4.55. The first kappa shape index (κ1) is 10.9. The van der Waals surface area contributed by atoms with E-state index >= 15 is 0 Å². The number of imidazole rings is 1. The van der Waals surface area contributed by atoms with Gasteiger partial charge in [-0.2, -0.15) is 13.2 Å². The maximum Gasteiger partial charge on any atom is 0.418 e. The summed E-state index contributed by atoms with van der Waals surface area (Å²) < 4.78 is 38.5. The number of alkyl halides is 3. The minimum Gasteiger partial charge on any atom is -0.379 e. The van der Waals surface area contributed by atoms with E-state index in [4.69, 9.17) is 5.11 Å². The molecule has 6 heteroatoms. The molecule has 1 aromatic heterocycles. The van der Waals surface area contributed by atoms with Gasteiger partial charge in [-0.1, -0.05) is 6.07 Å². The van der Waals surface area contributed by atoms with Crippen LogP contribution in [0.5, 0.6) is 0 Å². The van der Waals surface area contributed by atoms with Crippen LogP contribution < -0.4 is 0 Å². The number of benzene rings is 1. The molecule has 0 spiro atoms. The van der Waals surface area contributed by atoms with Gasteiger partial charge in [-0.25, -0.2) is 4.98 Å². The lowest BCUT2D eigenvalue weighted by molar-refractivity contribution is -0.206. The molecule has 1 N–H and O–H groups in total. The fourth-order valence-corrected chi connectivity index (χ4v) is 1.51. The summed E-state index contributed by atoms with van der Waals surface area (Å²) in [5.41, 5.74) is 0.958. The van der Waals surface area contributed by atoms with Gasteiger partial charge in [-0.3, -0.25) is 0 Å². The third-order valence-electron chi connectivity index (χ3n) is 2.38. The highest BCUT2D eigenvalue weighted by Crippen LogP contribution is 2.33. The van der Waals surface area contributed by atoms with Gasteiger partial charge in [-0.05, 0) is 17.7 Å². The average molecular weight is 230 g/mol. The van der Waals surface area contributed by atoms with E-state index in [-0.39, 0.29) is 5.56 Å². The summed E-state index contributed by atoms with van der Waals surface area (Å²) in [6, 6.07) is 4.00. The summed E-state index contributed by atoms with van der Waals surface area (Å²) in [6.45, 7) is 0. The number of fused-ring (bicyclic) bond motifs is 1. The highest BCUT2D eigenvalue weighted by molar-refractivity contribution is 5.76.